The van der Waals surface area contributed by atoms with Crippen LogP contribution in [-0.4, -0.2) is 9.55 Å². The first kappa shape index (κ1) is 13.8. The summed E-state index contributed by atoms with van der Waals surface area (Å²) in [6.07, 6.45) is 0. The predicted octanol–water partition coefficient (Wildman–Crippen LogP) is 3.99. The second kappa shape index (κ2) is 5.70. The highest BCUT2D eigenvalue weighted by Gasteiger charge is 2.16. The van der Waals surface area contributed by atoms with Crippen molar-refractivity contribution >= 4 is 11.0 Å². The minimum Gasteiger partial charge on any atom is -0.330 e. The van der Waals surface area contributed by atoms with Crippen molar-refractivity contribution < 1.29 is 0 Å². The second-order valence-corrected chi connectivity index (χ2v) is 5.54. The molecule has 3 nitrogen and oxygen atoms in total. The molecule has 2 unspecified atom stereocenters. The van der Waals surface area contributed by atoms with Crippen LogP contribution in [0.15, 0.2) is 54.6 Å². The van der Waals surface area contributed by atoms with Crippen LogP contribution in [0.5, 0.6) is 0 Å². The van der Waals surface area contributed by atoms with Gasteiger partial charge in [-0.05, 0) is 31.5 Å². The number of fused-ring (bicyclic) bond motifs is 1. The Morgan fingerprint density at radius 2 is 1.57 bits per heavy atom. The number of hydrogen-bond donors (Lipinski definition) is 1. The standard InChI is InChI=1S/C18H21N3/c1-13(15-9-5-4-6-10-15)19-14(2)18-20-16-11-7-8-12-17(16)21(18)3/h4-14,19H,1-3H3. The molecule has 0 radical (unpaired) electrons. The van der Waals surface area contributed by atoms with E-state index in [2.05, 4.69) is 73.2 Å². The summed E-state index contributed by atoms with van der Waals surface area (Å²) in [5.74, 6) is 1.07. The van der Waals surface area contributed by atoms with E-state index in [4.69, 9.17) is 4.98 Å². The fourth-order valence-electron chi connectivity index (χ4n) is 2.84. The molecule has 21 heavy (non-hydrogen) atoms. The number of rotatable bonds is 4. The number of imidazole rings is 1. The van der Waals surface area contributed by atoms with Gasteiger partial charge in [-0.1, -0.05) is 42.5 Å². The van der Waals surface area contributed by atoms with Crippen LogP contribution in [0.4, 0.5) is 0 Å². The minimum atomic E-state index is 0.192. The molecule has 3 rings (SSSR count). The Kier molecular flexibility index (Phi) is 3.76. The molecule has 0 spiro atoms. The molecule has 3 heteroatoms. The molecule has 2 aromatic carbocycles. The lowest BCUT2D eigenvalue weighted by Gasteiger charge is -2.20. The maximum Gasteiger partial charge on any atom is 0.126 e. The van der Waals surface area contributed by atoms with Gasteiger partial charge in [0.15, 0.2) is 0 Å². The van der Waals surface area contributed by atoms with Gasteiger partial charge < -0.3 is 9.88 Å². The predicted molar refractivity (Wildman–Crippen MR) is 87.1 cm³/mol. The molecule has 0 saturated heterocycles. The smallest absolute Gasteiger partial charge is 0.126 e. The highest BCUT2D eigenvalue weighted by Crippen LogP contribution is 2.22. The first-order valence-electron chi connectivity index (χ1n) is 7.39. The molecule has 1 heterocycles. The summed E-state index contributed by atoms with van der Waals surface area (Å²) < 4.78 is 2.17. The molecular weight excluding hydrogens is 258 g/mol. The van der Waals surface area contributed by atoms with Crippen molar-refractivity contribution in [1.82, 2.24) is 14.9 Å². The number of nitrogens with zero attached hydrogens (tertiary/aromatic N) is 2. The molecule has 0 aliphatic rings. The summed E-state index contributed by atoms with van der Waals surface area (Å²) >= 11 is 0. The van der Waals surface area contributed by atoms with E-state index in [0.29, 0.717) is 6.04 Å². The van der Waals surface area contributed by atoms with Gasteiger partial charge in [0, 0.05) is 13.1 Å². The lowest BCUT2D eigenvalue weighted by molar-refractivity contribution is 0.469. The van der Waals surface area contributed by atoms with E-state index in [1.54, 1.807) is 0 Å². The van der Waals surface area contributed by atoms with Gasteiger partial charge in [-0.15, -0.1) is 0 Å². The monoisotopic (exact) mass is 279 g/mol. The van der Waals surface area contributed by atoms with Crippen LogP contribution in [-0.2, 0) is 7.05 Å². The number of nitrogens with one attached hydrogen (secondary N) is 1. The van der Waals surface area contributed by atoms with Crippen molar-refractivity contribution in [2.45, 2.75) is 25.9 Å². The van der Waals surface area contributed by atoms with Gasteiger partial charge in [-0.3, -0.25) is 0 Å². The van der Waals surface area contributed by atoms with Gasteiger partial charge in [-0.2, -0.15) is 0 Å². The van der Waals surface area contributed by atoms with Crippen molar-refractivity contribution in [2.75, 3.05) is 0 Å². The SMILES string of the molecule is CC(NC(C)c1nc2ccccc2n1C)c1ccccc1. The van der Waals surface area contributed by atoms with Crippen molar-refractivity contribution in [3.8, 4) is 0 Å². The number of benzene rings is 2. The highest BCUT2D eigenvalue weighted by atomic mass is 15.1. The number of aromatic nitrogens is 2. The molecule has 0 aliphatic carbocycles. The summed E-state index contributed by atoms with van der Waals surface area (Å²) in [5.41, 5.74) is 3.52. The first-order valence-corrected chi connectivity index (χ1v) is 7.39. The first-order chi connectivity index (χ1) is 10.2. The number of aryl methyl sites for hydroxylation is 1. The number of para-hydroxylation sites is 2. The van der Waals surface area contributed by atoms with Gasteiger partial charge in [-0.25, -0.2) is 4.98 Å². The van der Waals surface area contributed by atoms with Crippen LogP contribution in [0.2, 0.25) is 0 Å². The summed E-state index contributed by atoms with van der Waals surface area (Å²) in [6.45, 7) is 4.36. The Morgan fingerprint density at radius 1 is 0.905 bits per heavy atom. The summed E-state index contributed by atoms with van der Waals surface area (Å²) in [6, 6.07) is 19.2. The molecule has 0 fully saturated rings. The Morgan fingerprint density at radius 3 is 2.29 bits per heavy atom. The topological polar surface area (TPSA) is 29.9 Å². The quantitative estimate of drug-likeness (QED) is 0.782. The van der Waals surface area contributed by atoms with Crippen LogP contribution in [0.25, 0.3) is 11.0 Å². The largest absolute Gasteiger partial charge is 0.330 e. The molecule has 3 aromatic rings. The highest BCUT2D eigenvalue weighted by molar-refractivity contribution is 5.75. The average molecular weight is 279 g/mol. The Balaban J connectivity index is 1.84. The fourth-order valence-corrected chi connectivity index (χ4v) is 2.84. The average Bonchev–Trinajstić information content (AvgIpc) is 2.86. The normalized spacial score (nSPS) is 14.2. The molecule has 0 aliphatic heterocycles. The van der Waals surface area contributed by atoms with E-state index in [1.807, 2.05) is 12.1 Å². The molecule has 1 aromatic heterocycles. The van der Waals surface area contributed by atoms with Crippen molar-refractivity contribution in [3.63, 3.8) is 0 Å². The van der Waals surface area contributed by atoms with E-state index in [0.717, 1.165) is 11.3 Å². The van der Waals surface area contributed by atoms with Gasteiger partial charge in [0.1, 0.15) is 5.82 Å². The zero-order chi connectivity index (χ0) is 14.8. The third-order valence-electron chi connectivity index (χ3n) is 4.01. The van der Waals surface area contributed by atoms with E-state index in [-0.39, 0.29) is 6.04 Å². The maximum absolute atomic E-state index is 4.76. The molecule has 0 amide bonds. The Hall–Kier alpha value is -2.13. The molecule has 0 saturated carbocycles. The zero-order valence-corrected chi connectivity index (χ0v) is 12.7. The molecule has 2 atom stereocenters. The summed E-state index contributed by atoms with van der Waals surface area (Å²) in [7, 11) is 2.08. The number of hydrogen-bond acceptors (Lipinski definition) is 2. The lowest BCUT2D eigenvalue weighted by Crippen LogP contribution is -2.24. The second-order valence-electron chi connectivity index (χ2n) is 5.54. The molecule has 108 valence electrons. The van der Waals surface area contributed by atoms with Crippen LogP contribution < -0.4 is 5.32 Å². The van der Waals surface area contributed by atoms with Crippen LogP contribution in [0, 0.1) is 0 Å². The van der Waals surface area contributed by atoms with Crippen LogP contribution in [0.3, 0.4) is 0 Å². The van der Waals surface area contributed by atoms with Crippen LogP contribution in [0.1, 0.15) is 37.3 Å². The summed E-state index contributed by atoms with van der Waals surface area (Å²) in [5, 5.41) is 3.63. The Bertz CT molecular complexity index is 731. The fraction of sp³-hybridized carbons (Fsp3) is 0.278. The molecular formula is C18H21N3. The van der Waals surface area contributed by atoms with Crippen molar-refractivity contribution in [3.05, 3.63) is 66.0 Å². The van der Waals surface area contributed by atoms with Crippen molar-refractivity contribution in [2.24, 2.45) is 7.05 Å². The Labute approximate surface area is 125 Å². The third kappa shape index (κ3) is 2.69. The van der Waals surface area contributed by atoms with Crippen molar-refractivity contribution in [1.29, 1.82) is 0 Å². The van der Waals surface area contributed by atoms with Gasteiger partial charge in [0.05, 0.1) is 17.1 Å². The zero-order valence-electron chi connectivity index (χ0n) is 12.7. The van der Waals surface area contributed by atoms with E-state index < -0.39 is 0 Å². The third-order valence-corrected chi connectivity index (χ3v) is 4.01. The van der Waals surface area contributed by atoms with Crippen LogP contribution >= 0.6 is 0 Å². The summed E-state index contributed by atoms with van der Waals surface area (Å²) in [4.78, 5) is 4.76. The maximum atomic E-state index is 4.76. The minimum absolute atomic E-state index is 0.192. The van der Waals surface area contributed by atoms with Gasteiger partial charge >= 0.3 is 0 Å². The molecule has 0 bridgehead atoms. The lowest BCUT2D eigenvalue weighted by atomic mass is 10.1. The van der Waals surface area contributed by atoms with E-state index in [9.17, 15) is 0 Å². The van der Waals surface area contributed by atoms with Gasteiger partial charge in [0.25, 0.3) is 0 Å². The van der Waals surface area contributed by atoms with E-state index >= 15 is 0 Å². The van der Waals surface area contributed by atoms with Gasteiger partial charge in [0.2, 0.25) is 0 Å². The molecule has 1 N–H and O–H groups in total. The van der Waals surface area contributed by atoms with E-state index in [1.165, 1.54) is 11.1 Å².